The van der Waals surface area contributed by atoms with Crippen LogP contribution in [0.2, 0.25) is 0 Å². The van der Waals surface area contributed by atoms with E-state index in [-0.39, 0.29) is 24.7 Å². The van der Waals surface area contributed by atoms with Crippen molar-refractivity contribution >= 4 is 23.3 Å². The van der Waals surface area contributed by atoms with E-state index >= 15 is 0 Å². The molecule has 1 heterocycles. The van der Waals surface area contributed by atoms with Gasteiger partial charge in [-0.2, -0.15) is 0 Å². The third-order valence-corrected chi connectivity index (χ3v) is 5.87. The van der Waals surface area contributed by atoms with Gasteiger partial charge in [0.2, 0.25) is 11.7 Å². The number of Topliss-reactive ketones (excluding diaryl/α,β-unsaturated/α-hetero) is 1. The number of anilines is 1. The number of amides is 1. The van der Waals surface area contributed by atoms with E-state index < -0.39 is 18.0 Å². The lowest BCUT2D eigenvalue weighted by Crippen LogP contribution is -2.30. The maximum Gasteiger partial charge on any atom is 0.312 e. The smallest absolute Gasteiger partial charge is 0.312 e. The molecule has 1 fully saturated rings. The zero-order valence-corrected chi connectivity index (χ0v) is 18.5. The SMILES string of the molecule is CC[C@@H](C)c1ccccc1N1C[C@H](C(=O)O[C@@H](C)C(=O)c2ccc(OC)cc2)CC1=O. The molecule has 3 rings (SSSR count). The van der Waals surface area contributed by atoms with E-state index in [0.717, 1.165) is 17.7 Å². The van der Waals surface area contributed by atoms with Gasteiger partial charge in [0.15, 0.2) is 6.10 Å². The molecule has 164 valence electrons. The lowest BCUT2D eigenvalue weighted by Gasteiger charge is -2.23. The highest BCUT2D eigenvalue weighted by atomic mass is 16.5. The second-order valence-corrected chi connectivity index (χ2v) is 7.95. The van der Waals surface area contributed by atoms with Gasteiger partial charge in [0, 0.05) is 24.2 Å². The van der Waals surface area contributed by atoms with Crippen molar-refractivity contribution in [1.29, 1.82) is 0 Å². The molecule has 0 spiro atoms. The first-order valence-corrected chi connectivity index (χ1v) is 10.6. The van der Waals surface area contributed by atoms with Crippen LogP contribution in [0.25, 0.3) is 0 Å². The van der Waals surface area contributed by atoms with Crippen LogP contribution in [0.15, 0.2) is 48.5 Å². The average Bonchev–Trinajstić information content (AvgIpc) is 3.19. The van der Waals surface area contributed by atoms with Crippen molar-refractivity contribution in [3.63, 3.8) is 0 Å². The molecule has 3 atom stereocenters. The second-order valence-electron chi connectivity index (χ2n) is 7.95. The third kappa shape index (κ3) is 4.95. The molecule has 2 aromatic rings. The Morgan fingerprint density at radius 3 is 2.42 bits per heavy atom. The van der Waals surface area contributed by atoms with Gasteiger partial charge < -0.3 is 14.4 Å². The summed E-state index contributed by atoms with van der Waals surface area (Å²) in [5.74, 6) is -0.568. The van der Waals surface area contributed by atoms with Crippen molar-refractivity contribution in [1.82, 2.24) is 0 Å². The molecule has 0 bridgehead atoms. The Morgan fingerprint density at radius 2 is 1.77 bits per heavy atom. The molecule has 31 heavy (non-hydrogen) atoms. The average molecular weight is 424 g/mol. The summed E-state index contributed by atoms with van der Waals surface area (Å²) in [4.78, 5) is 39.7. The number of nitrogens with zero attached hydrogens (tertiary/aromatic N) is 1. The first kappa shape index (κ1) is 22.5. The minimum absolute atomic E-state index is 0.0805. The van der Waals surface area contributed by atoms with Crippen LogP contribution in [0, 0.1) is 5.92 Å². The molecule has 0 aliphatic carbocycles. The van der Waals surface area contributed by atoms with Crippen LogP contribution in [-0.2, 0) is 14.3 Å². The predicted molar refractivity (Wildman–Crippen MR) is 118 cm³/mol. The molecule has 1 saturated heterocycles. The molecule has 6 heteroatoms. The fourth-order valence-corrected chi connectivity index (χ4v) is 3.78. The van der Waals surface area contributed by atoms with E-state index in [1.54, 1.807) is 43.2 Å². The number of hydrogen-bond donors (Lipinski definition) is 0. The molecule has 6 nitrogen and oxygen atoms in total. The van der Waals surface area contributed by atoms with Gasteiger partial charge >= 0.3 is 5.97 Å². The molecular weight excluding hydrogens is 394 g/mol. The number of ether oxygens (including phenoxy) is 2. The van der Waals surface area contributed by atoms with Crippen molar-refractivity contribution in [2.24, 2.45) is 5.92 Å². The Morgan fingerprint density at radius 1 is 1.10 bits per heavy atom. The monoisotopic (exact) mass is 423 g/mol. The summed E-state index contributed by atoms with van der Waals surface area (Å²) >= 11 is 0. The van der Waals surface area contributed by atoms with E-state index in [9.17, 15) is 14.4 Å². The Labute approximate surface area is 183 Å². The minimum Gasteiger partial charge on any atom is -0.497 e. The second kappa shape index (κ2) is 9.77. The highest BCUT2D eigenvalue weighted by Gasteiger charge is 2.38. The Bertz CT molecular complexity index is 953. The van der Waals surface area contributed by atoms with Gasteiger partial charge in [0.25, 0.3) is 0 Å². The number of carbonyl (C=O) groups is 3. The van der Waals surface area contributed by atoms with Gasteiger partial charge in [-0.1, -0.05) is 32.0 Å². The zero-order valence-electron chi connectivity index (χ0n) is 18.5. The first-order chi connectivity index (χ1) is 14.8. The van der Waals surface area contributed by atoms with Crippen LogP contribution >= 0.6 is 0 Å². The quantitative estimate of drug-likeness (QED) is 0.465. The van der Waals surface area contributed by atoms with Crippen molar-refractivity contribution in [3.05, 3.63) is 59.7 Å². The lowest BCUT2D eigenvalue weighted by atomic mass is 9.96. The molecule has 0 saturated carbocycles. The minimum atomic E-state index is -0.933. The predicted octanol–water partition coefficient (Wildman–Crippen LogP) is 4.38. The fraction of sp³-hybridized carbons (Fsp3) is 0.400. The molecule has 0 radical (unpaired) electrons. The normalized spacial score (nSPS) is 17.9. The summed E-state index contributed by atoms with van der Waals surface area (Å²) in [6.07, 6.45) is 0.101. The summed E-state index contributed by atoms with van der Waals surface area (Å²) in [7, 11) is 1.55. The number of esters is 1. The summed E-state index contributed by atoms with van der Waals surface area (Å²) in [5, 5.41) is 0. The lowest BCUT2D eigenvalue weighted by molar-refractivity contribution is -0.151. The maximum atomic E-state index is 12.7. The number of para-hydroxylation sites is 1. The van der Waals surface area contributed by atoms with E-state index in [1.165, 1.54) is 0 Å². The van der Waals surface area contributed by atoms with E-state index in [2.05, 4.69) is 13.8 Å². The topological polar surface area (TPSA) is 72.9 Å². The molecular formula is C25H29NO5. The molecule has 0 aromatic heterocycles. The van der Waals surface area contributed by atoms with Crippen LogP contribution in [0.3, 0.4) is 0 Å². The van der Waals surface area contributed by atoms with Crippen molar-refractivity contribution < 1.29 is 23.9 Å². The molecule has 1 amide bonds. The van der Waals surface area contributed by atoms with Crippen molar-refractivity contribution in [3.8, 4) is 5.75 Å². The fourth-order valence-electron chi connectivity index (χ4n) is 3.78. The molecule has 1 aliphatic heterocycles. The number of rotatable bonds is 8. The Kier molecular flexibility index (Phi) is 7.10. The maximum absolute atomic E-state index is 12.7. The number of methoxy groups -OCH3 is 1. The van der Waals surface area contributed by atoms with Gasteiger partial charge in [-0.05, 0) is 55.2 Å². The van der Waals surface area contributed by atoms with Gasteiger partial charge in [-0.15, -0.1) is 0 Å². The Balaban J connectivity index is 1.67. The third-order valence-electron chi connectivity index (χ3n) is 5.87. The van der Waals surface area contributed by atoms with E-state index in [4.69, 9.17) is 9.47 Å². The molecule has 1 aliphatic rings. The highest BCUT2D eigenvalue weighted by molar-refractivity contribution is 6.02. The van der Waals surface area contributed by atoms with Gasteiger partial charge in [-0.3, -0.25) is 14.4 Å². The van der Waals surface area contributed by atoms with Gasteiger partial charge in [-0.25, -0.2) is 0 Å². The summed E-state index contributed by atoms with van der Waals surface area (Å²) in [6.45, 7) is 6.04. The molecule has 0 unspecified atom stereocenters. The number of benzene rings is 2. The van der Waals surface area contributed by atoms with E-state index in [0.29, 0.717) is 17.2 Å². The zero-order chi connectivity index (χ0) is 22.5. The van der Waals surface area contributed by atoms with Crippen molar-refractivity contribution in [2.45, 2.75) is 45.6 Å². The number of carbonyl (C=O) groups excluding carboxylic acids is 3. The molecule has 0 N–H and O–H groups in total. The Hall–Kier alpha value is -3.15. The largest absolute Gasteiger partial charge is 0.497 e. The van der Waals surface area contributed by atoms with E-state index in [1.807, 2.05) is 24.3 Å². The first-order valence-electron chi connectivity index (χ1n) is 10.6. The van der Waals surface area contributed by atoms with Gasteiger partial charge in [0.1, 0.15) is 5.75 Å². The highest BCUT2D eigenvalue weighted by Crippen LogP contribution is 2.33. The van der Waals surface area contributed by atoms with Crippen LogP contribution in [0.5, 0.6) is 5.75 Å². The summed E-state index contributed by atoms with van der Waals surface area (Å²) < 4.78 is 10.5. The van der Waals surface area contributed by atoms with Crippen LogP contribution in [-0.4, -0.2) is 37.4 Å². The standard InChI is InChI=1S/C25H29NO5/c1-5-16(2)21-8-6-7-9-22(21)26-15-19(14-23(26)27)25(29)31-17(3)24(28)18-10-12-20(30-4)13-11-18/h6-13,16-17,19H,5,14-15H2,1-4H3/t16-,17+,19-/m1/s1. The van der Waals surface area contributed by atoms with Crippen LogP contribution < -0.4 is 9.64 Å². The number of ketones is 1. The summed E-state index contributed by atoms with van der Waals surface area (Å²) in [5.41, 5.74) is 2.38. The summed E-state index contributed by atoms with van der Waals surface area (Å²) in [6, 6.07) is 14.4. The van der Waals surface area contributed by atoms with Crippen molar-refractivity contribution in [2.75, 3.05) is 18.6 Å². The number of hydrogen-bond acceptors (Lipinski definition) is 5. The van der Waals surface area contributed by atoms with Crippen LogP contribution in [0.4, 0.5) is 5.69 Å². The van der Waals surface area contributed by atoms with Crippen LogP contribution in [0.1, 0.15) is 55.5 Å². The molecule has 2 aromatic carbocycles. The van der Waals surface area contributed by atoms with Gasteiger partial charge in [0.05, 0.1) is 13.0 Å².